The van der Waals surface area contributed by atoms with Gasteiger partial charge in [0.2, 0.25) is 0 Å². The van der Waals surface area contributed by atoms with Crippen molar-refractivity contribution < 1.29 is 4.74 Å². The van der Waals surface area contributed by atoms with Crippen LogP contribution in [0, 0.1) is 5.92 Å². The van der Waals surface area contributed by atoms with Gasteiger partial charge >= 0.3 is 0 Å². The summed E-state index contributed by atoms with van der Waals surface area (Å²) >= 11 is 0. The summed E-state index contributed by atoms with van der Waals surface area (Å²) in [6.07, 6.45) is 5.76. The van der Waals surface area contributed by atoms with Gasteiger partial charge in [-0.15, -0.1) is 12.4 Å². The van der Waals surface area contributed by atoms with Crippen LogP contribution in [0.3, 0.4) is 0 Å². The Kier molecular flexibility index (Phi) is 3.16. The fourth-order valence-corrected chi connectivity index (χ4v) is 2.18. The molecule has 1 saturated heterocycles. The zero-order chi connectivity index (χ0) is 6.97. The summed E-state index contributed by atoms with van der Waals surface area (Å²) in [5.74, 6) is 0.689. The van der Waals surface area contributed by atoms with Gasteiger partial charge < -0.3 is 10.5 Å². The largest absolute Gasteiger partial charge is 0.376 e. The van der Waals surface area contributed by atoms with Gasteiger partial charge in [-0.05, 0) is 12.8 Å². The second-order valence-electron chi connectivity index (χ2n) is 3.48. The Morgan fingerprint density at radius 2 is 1.91 bits per heavy atom. The molecule has 2 rings (SSSR count). The van der Waals surface area contributed by atoms with Crippen LogP contribution in [0.1, 0.15) is 25.7 Å². The predicted molar refractivity (Wildman–Crippen MR) is 46.9 cm³/mol. The highest BCUT2D eigenvalue weighted by atomic mass is 35.5. The van der Waals surface area contributed by atoms with Crippen molar-refractivity contribution in [3.05, 3.63) is 0 Å². The van der Waals surface area contributed by atoms with Gasteiger partial charge in [-0.3, -0.25) is 0 Å². The molecule has 0 amide bonds. The Morgan fingerprint density at radius 1 is 1.18 bits per heavy atom. The average Bonchev–Trinajstić information content (AvgIpc) is 2.34. The van der Waals surface area contributed by atoms with Crippen molar-refractivity contribution in [1.82, 2.24) is 0 Å². The normalized spacial score (nSPS) is 42.8. The fourth-order valence-electron chi connectivity index (χ4n) is 2.18. The van der Waals surface area contributed by atoms with Gasteiger partial charge in [0.1, 0.15) is 0 Å². The molecule has 1 aliphatic heterocycles. The topological polar surface area (TPSA) is 35.2 Å². The quantitative estimate of drug-likeness (QED) is 0.606. The zero-order valence-corrected chi connectivity index (χ0v) is 7.48. The molecule has 2 fully saturated rings. The summed E-state index contributed by atoms with van der Waals surface area (Å²) in [7, 11) is 0. The van der Waals surface area contributed by atoms with Crippen molar-refractivity contribution in [2.45, 2.75) is 37.8 Å². The van der Waals surface area contributed by atoms with Crippen LogP contribution in [0.25, 0.3) is 0 Å². The minimum Gasteiger partial charge on any atom is -0.376 e. The van der Waals surface area contributed by atoms with E-state index < -0.39 is 0 Å². The lowest BCUT2D eigenvalue weighted by Crippen LogP contribution is -2.33. The Morgan fingerprint density at radius 3 is 2.64 bits per heavy atom. The van der Waals surface area contributed by atoms with Crippen LogP contribution in [0.5, 0.6) is 0 Å². The van der Waals surface area contributed by atoms with Crippen molar-refractivity contribution in [2.75, 3.05) is 6.61 Å². The van der Waals surface area contributed by atoms with E-state index in [0.29, 0.717) is 18.1 Å². The Hall–Kier alpha value is 0.210. The average molecular weight is 178 g/mol. The Labute approximate surface area is 73.9 Å². The van der Waals surface area contributed by atoms with E-state index in [1.54, 1.807) is 0 Å². The van der Waals surface area contributed by atoms with Crippen LogP contribution < -0.4 is 5.73 Å². The molecule has 66 valence electrons. The number of nitrogens with two attached hydrogens (primary N) is 1. The summed E-state index contributed by atoms with van der Waals surface area (Å²) in [6, 6.07) is 0.338. The molecule has 0 aromatic rings. The van der Waals surface area contributed by atoms with E-state index >= 15 is 0 Å². The molecule has 2 nitrogen and oxygen atoms in total. The van der Waals surface area contributed by atoms with Gasteiger partial charge in [-0.2, -0.15) is 0 Å². The molecule has 11 heavy (non-hydrogen) atoms. The van der Waals surface area contributed by atoms with E-state index in [1.165, 1.54) is 25.7 Å². The molecular formula is C8H16ClNO. The van der Waals surface area contributed by atoms with E-state index in [2.05, 4.69) is 0 Å². The molecule has 3 unspecified atom stereocenters. The summed E-state index contributed by atoms with van der Waals surface area (Å²) in [5.41, 5.74) is 5.86. The molecule has 2 N–H and O–H groups in total. The first-order valence-electron chi connectivity index (χ1n) is 4.25. The second-order valence-corrected chi connectivity index (χ2v) is 3.48. The molecule has 1 heterocycles. The molecule has 3 heteroatoms. The van der Waals surface area contributed by atoms with E-state index in [9.17, 15) is 0 Å². The van der Waals surface area contributed by atoms with Crippen molar-refractivity contribution in [2.24, 2.45) is 11.7 Å². The molecule has 0 spiro atoms. The standard InChI is InChI=1S/C8H15NO.ClH/c9-7-5-10-8-4-2-1-3-6(7)8;/h6-8H,1-5,9H2;1H. The summed E-state index contributed by atoms with van der Waals surface area (Å²) in [6.45, 7) is 0.801. The third-order valence-electron chi connectivity index (χ3n) is 2.81. The lowest BCUT2D eigenvalue weighted by molar-refractivity contribution is 0.0663. The Bertz CT molecular complexity index is 129. The summed E-state index contributed by atoms with van der Waals surface area (Å²) in [4.78, 5) is 0. The number of ether oxygens (including phenoxy) is 1. The van der Waals surface area contributed by atoms with Crippen LogP contribution in [0.2, 0.25) is 0 Å². The third-order valence-corrected chi connectivity index (χ3v) is 2.81. The van der Waals surface area contributed by atoms with E-state index in [4.69, 9.17) is 10.5 Å². The van der Waals surface area contributed by atoms with Gasteiger partial charge in [0, 0.05) is 12.0 Å². The predicted octanol–water partition coefficient (Wildman–Crippen LogP) is 1.32. The maximum absolute atomic E-state index is 5.86. The lowest BCUT2D eigenvalue weighted by atomic mass is 9.84. The van der Waals surface area contributed by atoms with Gasteiger partial charge in [-0.1, -0.05) is 12.8 Å². The van der Waals surface area contributed by atoms with Crippen LogP contribution in [-0.4, -0.2) is 18.8 Å². The van der Waals surface area contributed by atoms with E-state index in [-0.39, 0.29) is 12.4 Å². The van der Waals surface area contributed by atoms with Crippen molar-refractivity contribution in [3.8, 4) is 0 Å². The highest BCUT2D eigenvalue weighted by molar-refractivity contribution is 5.85. The fraction of sp³-hybridized carbons (Fsp3) is 1.00. The number of halogens is 1. The highest BCUT2D eigenvalue weighted by Crippen LogP contribution is 2.33. The van der Waals surface area contributed by atoms with E-state index in [1.807, 2.05) is 0 Å². The van der Waals surface area contributed by atoms with Crippen molar-refractivity contribution >= 4 is 12.4 Å². The molecule has 0 aromatic carbocycles. The SMILES string of the molecule is Cl.NC1COC2CCCCC12. The van der Waals surface area contributed by atoms with Crippen LogP contribution in [-0.2, 0) is 4.74 Å². The Balaban J connectivity index is 0.000000605. The smallest absolute Gasteiger partial charge is 0.0625 e. The van der Waals surface area contributed by atoms with Gasteiger partial charge in [0.25, 0.3) is 0 Å². The lowest BCUT2D eigenvalue weighted by Gasteiger charge is -2.25. The number of hydrogen-bond acceptors (Lipinski definition) is 2. The van der Waals surface area contributed by atoms with E-state index in [0.717, 1.165) is 6.61 Å². The van der Waals surface area contributed by atoms with Gasteiger partial charge in [0.15, 0.2) is 0 Å². The summed E-state index contributed by atoms with van der Waals surface area (Å²) < 4.78 is 5.54. The van der Waals surface area contributed by atoms with Gasteiger partial charge in [0.05, 0.1) is 12.7 Å². The molecule has 0 radical (unpaired) electrons. The second kappa shape index (κ2) is 3.74. The van der Waals surface area contributed by atoms with Gasteiger partial charge in [-0.25, -0.2) is 0 Å². The van der Waals surface area contributed by atoms with Crippen LogP contribution in [0.4, 0.5) is 0 Å². The molecule has 0 bridgehead atoms. The molecular weight excluding hydrogens is 162 g/mol. The first-order valence-corrected chi connectivity index (χ1v) is 4.25. The van der Waals surface area contributed by atoms with Crippen molar-refractivity contribution in [1.29, 1.82) is 0 Å². The van der Waals surface area contributed by atoms with Crippen molar-refractivity contribution in [3.63, 3.8) is 0 Å². The first-order chi connectivity index (χ1) is 4.88. The zero-order valence-electron chi connectivity index (χ0n) is 6.66. The maximum Gasteiger partial charge on any atom is 0.0625 e. The highest BCUT2D eigenvalue weighted by Gasteiger charge is 2.36. The maximum atomic E-state index is 5.86. The minimum absolute atomic E-state index is 0. The molecule has 3 atom stereocenters. The molecule has 2 aliphatic rings. The molecule has 1 aliphatic carbocycles. The third kappa shape index (κ3) is 1.68. The number of fused-ring (bicyclic) bond motifs is 1. The van der Waals surface area contributed by atoms with Crippen LogP contribution >= 0.6 is 12.4 Å². The van der Waals surface area contributed by atoms with Crippen LogP contribution in [0.15, 0.2) is 0 Å². The monoisotopic (exact) mass is 177 g/mol. The number of hydrogen-bond donors (Lipinski definition) is 1. The molecule has 0 aromatic heterocycles. The molecule has 1 saturated carbocycles. The first kappa shape index (κ1) is 9.30. The summed E-state index contributed by atoms with van der Waals surface area (Å²) in [5, 5.41) is 0. The number of rotatable bonds is 0. The minimum atomic E-state index is 0.